The Morgan fingerprint density at radius 3 is 2.91 bits per heavy atom. The maximum absolute atomic E-state index is 11.7. The summed E-state index contributed by atoms with van der Waals surface area (Å²) >= 11 is 0. The zero-order valence-electron chi connectivity index (χ0n) is 5.46. The van der Waals surface area contributed by atoms with E-state index in [4.69, 9.17) is 0 Å². The van der Waals surface area contributed by atoms with E-state index in [0.717, 1.165) is 0 Å². The molecule has 0 aliphatic rings. The lowest BCUT2D eigenvalue weighted by Crippen LogP contribution is -1.95. The van der Waals surface area contributed by atoms with Gasteiger partial charge in [-0.3, -0.25) is 4.79 Å². The number of hydrogen-bond donors (Lipinski definition) is 0. The summed E-state index contributed by atoms with van der Waals surface area (Å²) in [4.78, 5) is 9.98. The number of aromatic nitrogens is 1. The third-order valence-electron chi connectivity index (χ3n) is 1.06. The quantitative estimate of drug-likeness (QED) is 0.627. The molecular weight excluding hydrogens is 156 g/mol. The van der Waals surface area contributed by atoms with Gasteiger partial charge in [0.15, 0.2) is 12.0 Å². The molecule has 0 saturated carbocycles. The molecule has 0 spiro atoms. The monoisotopic (exact) mass is 161 g/mol. The third-order valence-corrected chi connectivity index (χ3v) is 1.06. The third kappa shape index (κ3) is 2.10. The summed E-state index contributed by atoms with van der Waals surface area (Å²) in [5, 5.41) is 3.24. The topological polar surface area (TPSA) is 43.1 Å². The summed E-state index contributed by atoms with van der Waals surface area (Å²) in [5.74, 6) is -0.0272. The lowest BCUT2D eigenvalue weighted by molar-refractivity contribution is 0.109. The highest BCUT2D eigenvalue weighted by molar-refractivity contribution is 5.70. The summed E-state index contributed by atoms with van der Waals surface area (Å²) in [6, 6.07) is 1.19. The van der Waals surface area contributed by atoms with Crippen molar-refractivity contribution in [2.75, 3.05) is 0 Å². The van der Waals surface area contributed by atoms with Gasteiger partial charge in [-0.15, -0.1) is 0 Å². The maximum atomic E-state index is 11.7. The molecule has 0 aliphatic heterocycles. The Hall–Kier alpha value is -1.26. The second-order valence-corrected chi connectivity index (χ2v) is 1.93. The molecule has 0 fully saturated rings. The van der Waals surface area contributed by atoms with Gasteiger partial charge < -0.3 is 4.52 Å². The Morgan fingerprint density at radius 1 is 1.73 bits per heavy atom. The van der Waals surface area contributed by atoms with Crippen molar-refractivity contribution in [2.24, 2.45) is 0 Å². The van der Waals surface area contributed by atoms with Crippen LogP contribution in [0.5, 0.6) is 0 Å². The van der Waals surface area contributed by atoms with Crippen molar-refractivity contribution < 1.29 is 18.1 Å². The highest BCUT2D eigenvalue weighted by Crippen LogP contribution is 2.06. The van der Waals surface area contributed by atoms with Gasteiger partial charge in [0.05, 0.1) is 12.1 Å². The van der Waals surface area contributed by atoms with Gasteiger partial charge in [0, 0.05) is 6.07 Å². The minimum atomic E-state index is -2.46. The number of halogens is 2. The molecule has 3 nitrogen and oxygen atoms in total. The van der Waals surface area contributed by atoms with E-state index in [1.807, 2.05) is 0 Å². The molecule has 0 bridgehead atoms. The second kappa shape index (κ2) is 3.23. The molecule has 1 rings (SSSR count). The Labute approximate surface area is 61.0 Å². The van der Waals surface area contributed by atoms with Gasteiger partial charge in [-0.1, -0.05) is 5.16 Å². The van der Waals surface area contributed by atoms with Crippen LogP contribution in [0, 0.1) is 0 Å². The van der Waals surface area contributed by atoms with Crippen molar-refractivity contribution in [3.63, 3.8) is 0 Å². The van der Waals surface area contributed by atoms with E-state index in [2.05, 4.69) is 9.68 Å². The van der Waals surface area contributed by atoms with E-state index in [1.54, 1.807) is 0 Å². The number of hydrogen-bond acceptors (Lipinski definition) is 3. The Balaban J connectivity index is 2.65. The van der Waals surface area contributed by atoms with Crippen molar-refractivity contribution in [1.82, 2.24) is 5.16 Å². The van der Waals surface area contributed by atoms with Gasteiger partial charge in [0.25, 0.3) is 0 Å². The predicted molar refractivity (Wildman–Crippen MR) is 31.6 cm³/mol. The Bertz CT molecular complexity index is 246. The zero-order valence-corrected chi connectivity index (χ0v) is 5.46. The summed E-state index contributed by atoms with van der Waals surface area (Å²) in [6.45, 7) is 0. The Kier molecular flexibility index (Phi) is 2.30. The second-order valence-electron chi connectivity index (χ2n) is 1.93. The van der Waals surface area contributed by atoms with Crippen LogP contribution in [0.25, 0.3) is 0 Å². The average Bonchev–Trinajstić information content (AvgIpc) is 2.34. The van der Waals surface area contributed by atoms with Gasteiger partial charge >= 0.3 is 0 Å². The molecule has 0 radical (unpaired) electrons. The van der Waals surface area contributed by atoms with Crippen LogP contribution < -0.4 is 0 Å². The van der Waals surface area contributed by atoms with Crippen molar-refractivity contribution in [3.8, 4) is 0 Å². The lowest BCUT2D eigenvalue weighted by atomic mass is 10.3. The smallest absolute Gasteiger partial charge is 0.244 e. The molecule has 1 aromatic rings. The fourth-order valence-electron chi connectivity index (χ4n) is 0.638. The average molecular weight is 161 g/mol. The zero-order chi connectivity index (χ0) is 8.27. The van der Waals surface area contributed by atoms with Gasteiger partial charge in [0.1, 0.15) is 0 Å². The summed E-state index contributed by atoms with van der Waals surface area (Å²) in [7, 11) is 0. The molecule has 0 saturated heterocycles. The fourth-order valence-corrected chi connectivity index (χ4v) is 0.638. The lowest BCUT2D eigenvalue weighted by Gasteiger charge is -1.89. The number of alkyl halides is 2. The molecule has 0 aliphatic carbocycles. The van der Waals surface area contributed by atoms with Gasteiger partial charge in [-0.2, -0.15) is 0 Å². The van der Waals surface area contributed by atoms with Crippen molar-refractivity contribution in [3.05, 3.63) is 17.5 Å². The van der Waals surface area contributed by atoms with Crippen LogP contribution in [0.2, 0.25) is 0 Å². The largest absolute Gasteiger partial charge is 0.353 e. The van der Waals surface area contributed by atoms with E-state index < -0.39 is 12.8 Å². The van der Waals surface area contributed by atoms with Crippen LogP contribution in [-0.2, 0) is 6.42 Å². The van der Waals surface area contributed by atoms with Gasteiger partial charge in [-0.25, -0.2) is 8.78 Å². The van der Waals surface area contributed by atoms with E-state index in [1.165, 1.54) is 6.07 Å². The van der Waals surface area contributed by atoms with Crippen LogP contribution in [0.4, 0.5) is 8.78 Å². The summed E-state index contributed by atoms with van der Waals surface area (Å²) < 4.78 is 27.7. The molecule has 60 valence electrons. The molecule has 0 atom stereocenters. The van der Waals surface area contributed by atoms with Crippen LogP contribution in [0.15, 0.2) is 10.6 Å². The van der Waals surface area contributed by atoms with Crippen molar-refractivity contribution >= 4 is 6.29 Å². The maximum Gasteiger partial charge on any atom is 0.244 e. The van der Waals surface area contributed by atoms with E-state index in [9.17, 15) is 13.6 Å². The first-order valence-corrected chi connectivity index (χ1v) is 2.91. The first kappa shape index (κ1) is 7.84. The number of carbonyl (C=O) groups is 1. The van der Waals surface area contributed by atoms with Gasteiger partial charge in [0.2, 0.25) is 6.43 Å². The molecule has 0 amide bonds. The van der Waals surface area contributed by atoms with E-state index in [0.29, 0.717) is 6.29 Å². The summed E-state index contributed by atoms with van der Waals surface area (Å²) in [5.41, 5.74) is 0.0992. The fraction of sp³-hybridized carbons (Fsp3) is 0.333. The normalized spacial score (nSPS) is 10.5. The first-order chi connectivity index (χ1) is 5.22. The number of aldehydes is 1. The number of nitrogens with zero attached hydrogens (tertiary/aromatic N) is 1. The molecular formula is C6H5F2NO2. The minimum absolute atomic E-state index is 0.0272. The molecule has 5 heteroatoms. The number of carbonyl (C=O) groups excluding carboxylic acids is 1. The van der Waals surface area contributed by atoms with Crippen LogP contribution >= 0.6 is 0 Å². The predicted octanol–water partition coefficient (Wildman–Crippen LogP) is 1.29. The molecule has 11 heavy (non-hydrogen) atoms. The minimum Gasteiger partial charge on any atom is -0.353 e. The van der Waals surface area contributed by atoms with E-state index >= 15 is 0 Å². The molecule has 1 aromatic heterocycles. The number of rotatable bonds is 3. The van der Waals surface area contributed by atoms with Crippen molar-refractivity contribution in [1.29, 1.82) is 0 Å². The highest BCUT2D eigenvalue weighted by Gasteiger charge is 2.09. The van der Waals surface area contributed by atoms with Crippen LogP contribution in [0.1, 0.15) is 16.2 Å². The summed E-state index contributed by atoms with van der Waals surface area (Å²) in [6.07, 6.45) is -2.51. The SMILES string of the molecule is O=Cc1cc(CC(F)F)no1. The van der Waals surface area contributed by atoms with Crippen molar-refractivity contribution in [2.45, 2.75) is 12.8 Å². The molecule has 0 aromatic carbocycles. The molecule has 1 heterocycles. The molecule has 0 N–H and O–H groups in total. The Morgan fingerprint density at radius 2 is 2.45 bits per heavy atom. The van der Waals surface area contributed by atoms with Crippen LogP contribution in [-0.4, -0.2) is 17.9 Å². The standard InChI is InChI=1S/C6H5F2NO2/c7-6(8)2-4-1-5(3-10)11-9-4/h1,3,6H,2H2. The van der Waals surface area contributed by atoms with Gasteiger partial charge in [-0.05, 0) is 0 Å². The molecule has 0 unspecified atom stereocenters. The first-order valence-electron chi connectivity index (χ1n) is 2.91. The highest BCUT2D eigenvalue weighted by atomic mass is 19.3. The van der Waals surface area contributed by atoms with E-state index in [-0.39, 0.29) is 11.5 Å². The van der Waals surface area contributed by atoms with Crippen LogP contribution in [0.3, 0.4) is 0 Å².